The van der Waals surface area contributed by atoms with Gasteiger partial charge in [-0.05, 0) is 35.7 Å². The first-order chi connectivity index (χ1) is 15.1. The van der Waals surface area contributed by atoms with Gasteiger partial charge in [0.15, 0.2) is 5.16 Å². The summed E-state index contributed by atoms with van der Waals surface area (Å²) in [6.45, 7) is -2.75. The number of nitrogens with zero attached hydrogens (tertiary/aromatic N) is 4. The average molecular weight is 459 g/mol. The molecule has 1 amide bonds. The van der Waals surface area contributed by atoms with Crippen molar-refractivity contribution in [2.45, 2.75) is 24.2 Å². The van der Waals surface area contributed by atoms with Crippen LogP contribution in [0.5, 0.6) is 0 Å². The number of thioether (sulfide) groups is 1. The van der Waals surface area contributed by atoms with Gasteiger partial charge in [-0.1, -0.05) is 30.0 Å². The maximum atomic E-state index is 13.7. The molecule has 0 saturated carbocycles. The number of fused-ring (bicyclic) bond motifs is 1. The zero-order chi connectivity index (χ0) is 21.4. The second kappa shape index (κ2) is 8.27. The van der Waals surface area contributed by atoms with Gasteiger partial charge >= 0.3 is 6.55 Å². The fourth-order valence-corrected chi connectivity index (χ4v) is 5.22. The molecule has 0 aliphatic carbocycles. The smallest absolute Gasteiger partial charge is 0.321 e. The van der Waals surface area contributed by atoms with Crippen molar-refractivity contribution >= 4 is 45.8 Å². The van der Waals surface area contributed by atoms with Crippen molar-refractivity contribution < 1.29 is 18.0 Å². The molecule has 31 heavy (non-hydrogen) atoms. The first-order valence-electron chi connectivity index (χ1n) is 9.46. The van der Waals surface area contributed by atoms with E-state index in [4.69, 9.17) is 4.42 Å². The van der Waals surface area contributed by atoms with Crippen LogP contribution in [0.3, 0.4) is 0 Å². The van der Waals surface area contributed by atoms with Gasteiger partial charge in [0.1, 0.15) is 11.5 Å². The Hall–Kier alpha value is -2.98. The zero-order valence-electron chi connectivity index (χ0n) is 16.0. The first-order valence-corrected chi connectivity index (χ1v) is 11.3. The van der Waals surface area contributed by atoms with Crippen LogP contribution in [0.25, 0.3) is 11.0 Å². The van der Waals surface area contributed by atoms with Crippen molar-refractivity contribution in [3.8, 4) is 0 Å². The largest absolute Gasteiger partial charge is 0.463 e. The minimum atomic E-state index is -2.75. The lowest BCUT2D eigenvalue weighted by atomic mass is 10.1. The van der Waals surface area contributed by atoms with Gasteiger partial charge in [-0.2, -0.15) is 13.9 Å². The number of aromatic nitrogens is 2. The molecule has 1 atom stereocenters. The van der Waals surface area contributed by atoms with E-state index in [9.17, 15) is 13.6 Å². The average Bonchev–Trinajstić information content (AvgIpc) is 3.55. The van der Waals surface area contributed by atoms with Crippen molar-refractivity contribution in [1.82, 2.24) is 14.6 Å². The summed E-state index contributed by atoms with van der Waals surface area (Å²) in [7, 11) is 0. The van der Waals surface area contributed by atoms with E-state index in [1.807, 2.05) is 17.5 Å². The predicted molar refractivity (Wildman–Crippen MR) is 115 cm³/mol. The lowest BCUT2D eigenvalue weighted by Crippen LogP contribution is -2.28. The molecule has 1 aliphatic heterocycles. The Morgan fingerprint density at radius 2 is 2.10 bits per heavy atom. The Bertz CT molecular complexity index is 1240. The number of imidazole rings is 1. The van der Waals surface area contributed by atoms with E-state index in [0.717, 1.165) is 21.2 Å². The van der Waals surface area contributed by atoms with Crippen LogP contribution in [0.1, 0.15) is 29.6 Å². The molecular weight excluding hydrogens is 442 g/mol. The number of hydrazone groups is 1. The topological polar surface area (TPSA) is 63.6 Å². The normalized spacial score (nSPS) is 16.4. The number of thiophene rings is 1. The summed E-state index contributed by atoms with van der Waals surface area (Å²) in [4.78, 5) is 18.4. The van der Waals surface area contributed by atoms with Gasteiger partial charge in [0, 0.05) is 11.3 Å². The van der Waals surface area contributed by atoms with Crippen molar-refractivity contribution in [3.63, 3.8) is 0 Å². The number of amides is 1. The molecule has 0 bridgehead atoms. The number of rotatable bonds is 6. The van der Waals surface area contributed by atoms with Gasteiger partial charge in [0.05, 0.1) is 29.1 Å². The molecule has 1 aliphatic rings. The number of carbonyl (C=O) groups is 1. The molecule has 1 aromatic carbocycles. The maximum Gasteiger partial charge on any atom is 0.321 e. The van der Waals surface area contributed by atoms with E-state index in [0.29, 0.717) is 28.9 Å². The minimum Gasteiger partial charge on any atom is -0.463 e. The van der Waals surface area contributed by atoms with Gasteiger partial charge in [-0.25, -0.2) is 9.99 Å². The van der Waals surface area contributed by atoms with Gasteiger partial charge in [-0.3, -0.25) is 9.36 Å². The molecule has 6 nitrogen and oxygen atoms in total. The first kappa shape index (κ1) is 20.0. The number of para-hydroxylation sites is 2. The number of furan rings is 1. The lowest BCUT2D eigenvalue weighted by molar-refractivity contribution is -0.130. The van der Waals surface area contributed by atoms with Gasteiger partial charge in [-0.15, -0.1) is 11.3 Å². The van der Waals surface area contributed by atoms with E-state index in [1.54, 1.807) is 54.0 Å². The number of hydrogen-bond acceptors (Lipinski definition) is 6. The molecule has 5 rings (SSSR count). The van der Waals surface area contributed by atoms with Crippen molar-refractivity contribution in [3.05, 3.63) is 70.8 Å². The highest BCUT2D eigenvalue weighted by Gasteiger charge is 2.34. The highest BCUT2D eigenvalue weighted by Crippen LogP contribution is 2.36. The van der Waals surface area contributed by atoms with Crippen LogP contribution >= 0.6 is 23.1 Å². The molecule has 4 aromatic rings. The predicted octanol–water partition coefficient (Wildman–Crippen LogP) is 5.56. The van der Waals surface area contributed by atoms with Crippen LogP contribution in [-0.2, 0) is 4.79 Å². The van der Waals surface area contributed by atoms with Gasteiger partial charge in [0.25, 0.3) is 5.91 Å². The molecule has 0 saturated heterocycles. The van der Waals surface area contributed by atoms with Gasteiger partial charge in [0.2, 0.25) is 0 Å². The Morgan fingerprint density at radius 3 is 2.84 bits per heavy atom. The SMILES string of the molecule is O=C(CSc1nc2ccccc2n1C(F)F)N1N=C(c2ccco2)CC1c1cccs1. The second-order valence-corrected chi connectivity index (χ2v) is 8.74. The quantitative estimate of drug-likeness (QED) is 0.355. The van der Waals surface area contributed by atoms with E-state index < -0.39 is 6.55 Å². The van der Waals surface area contributed by atoms with E-state index in [2.05, 4.69) is 10.1 Å². The third-order valence-corrected chi connectivity index (χ3v) is 6.84. The Balaban J connectivity index is 1.40. The summed E-state index contributed by atoms with van der Waals surface area (Å²) in [6, 6.07) is 13.9. The highest BCUT2D eigenvalue weighted by molar-refractivity contribution is 7.99. The Labute approximate surface area is 184 Å². The van der Waals surface area contributed by atoms with Crippen LogP contribution in [0.15, 0.2) is 74.8 Å². The number of hydrogen-bond donors (Lipinski definition) is 0. The van der Waals surface area contributed by atoms with E-state index >= 15 is 0 Å². The molecule has 4 heterocycles. The summed E-state index contributed by atoms with van der Waals surface area (Å²) in [5.74, 6) is 0.272. The zero-order valence-corrected chi connectivity index (χ0v) is 17.7. The molecule has 1 unspecified atom stereocenters. The third-order valence-electron chi connectivity index (χ3n) is 4.93. The van der Waals surface area contributed by atoms with Crippen LogP contribution < -0.4 is 0 Å². The number of alkyl halides is 2. The van der Waals surface area contributed by atoms with Crippen LogP contribution in [-0.4, -0.2) is 31.9 Å². The monoisotopic (exact) mass is 458 g/mol. The van der Waals surface area contributed by atoms with Crippen molar-refractivity contribution in [1.29, 1.82) is 0 Å². The summed E-state index contributed by atoms with van der Waals surface area (Å²) in [6.07, 6.45) is 2.09. The minimum absolute atomic E-state index is 0.0626. The van der Waals surface area contributed by atoms with Crippen molar-refractivity contribution in [2.75, 3.05) is 5.75 Å². The molecule has 3 aromatic heterocycles. The standard InChI is InChI=1S/C21H16F2N4O2S2/c22-20(23)26-15-6-2-1-5-13(15)24-21(26)31-12-19(28)27-16(18-8-4-10-30-18)11-14(25-27)17-7-3-9-29-17/h1-10,16,20H,11-12H2. The molecule has 158 valence electrons. The number of halogens is 2. The summed E-state index contributed by atoms with van der Waals surface area (Å²) < 4.78 is 33.6. The summed E-state index contributed by atoms with van der Waals surface area (Å²) in [5.41, 5.74) is 1.48. The van der Waals surface area contributed by atoms with E-state index in [-0.39, 0.29) is 22.9 Å². The fraction of sp³-hybridized carbons (Fsp3) is 0.190. The highest BCUT2D eigenvalue weighted by atomic mass is 32.2. The molecule has 10 heteroatoms. The molecule has 0 fully saturated rings. The molecule has 0 spiro atoms. The summed E-state index contributed by atoms with van der Waals surface area (Å²) in [5, 5.41) is 7.99. The Kier molecular flexibility index (Phi) is 5.33. The molecular formula is C21H16F2N4O2S2. The summed E-state index contributed by atoms with van der Waals surface area (Å²) >= 11 is 2.53. The lowest BCUT2D eigenvalue weighted by Gasteiger charge is -2.20. The molecule has 0 N–H and O–H groups in total. The molecule has 0 radical (unpaired) electrons. The third kappa shape index (κ3) is 3.77. The van der Waals surface area contributed by atoms with Crippen molar-refractivity contribution in [2.24, 2.45) is 5.10 Å². The van der Waals surface area contributed by atoms with Crippen LogP contribution in [0.4, 0.5) is 8.78 Å². The van der Waals surface area contributed by atoms with Crippen LogP contribution in [0.2, 0.25) is 0 Å². The fourth-order valence-electron chi connectivity index (χ4n) is 3.54. The number of benzene rings is 1. The Morgan fingerprint density at radius 1 is 1.23 bits per heavy atom. The number of carbonyl (C=O) groups excluding carboxylic acids is 1. The van der Waals surface area contributed by atoms with Crippen LogP contribution in [0, 0.1) is 0 Å². The van der Waals surface area contributed by atoms with E-state index in [1.165, 1.54) is 5.01 Å². The second-order valence-electron chi connectivity index (χ2n) is 6.82. The maximum absolute atomic E-state index is 13.7. The van der Waals surface area contributed by atoms with Gasteiger partial charge < -0.3 is 4.42 Å².